The molecule has 0 aliphatic heterocycles. The van der Waals surface area contributed by atoms with Crippen molar-refractivity contribution in [3.05, 3.63) is 63.1 Å². The Labute approximate surface area is 152 Å². The molecule has 5 nitrogen and oxygen atoms in total. The van der Waals surface area contributed by atoms with Gasteiger partial charge in [-0.1, -0.05) is 45.7 Å². The number of hydrogen-bond acceptors (Lipinski definition) is 4. The van der Waals surface area contributed by atoms with E-state index in [1.807, 2.05) is 6.07 Å². The third-order valence-corrected chi connectivity index (χ3v) is 4.10. The van der Waals surface area contributed by atoms with Gasteiger partial charge >= 0.3 is 5.97 Å². The van der Waals surface area contributed by atoms with E-state index in [-0.39, 0.29) is 17.4 Å². The summed E-state index contributed by atoms with van der Waals surface area (Å²) in [5, 5.41) is 12.9. The van der Waals surface area contributed by atoms with Crippen LogP contribution in [0.15, 0.2) is 46.9 Å². The fourth-order valence-electron chi connectivity index (χ4n) is 2.07. The van der Waals surface area contributed by atoms with E-state index in [1.165, 1.54) is 12.1 Å². The molecule has 0 saturated carbocycles. The van der Waals surface area contributed by atoms with Crippen molar-refractivity contribution in [2.75, 3.05) is 6.61 Å². The SMILES string of the molecule is C[C@H](NC(=O)COC(=O)c1cc(Br)ccc1O)c1ccccc1Cl. The predicted molar refractivity (Wildman–Crippen MR) is 94.1 cm³/mol. The second kappa shape index (κ2) is 8.17. The Hall–Kier alpha value is -2.05. The van der Waals surface area contributed by atoms with Crippen molar-refractivity contribution in [2.24, 2.45) is 0 Å². The van der Waals surface area contributed by atoms with E-state index in [0.29, 0.717) is 9.50 Å². The third kappa shape index (κ3) is 4.72. The minimum Gasteiger partial charge on any atom is -0.507 e. The van der Waals surface area contributed by atoms with Gasteiger partial charge in [0.1, 0.15) is 11.3 Å². The molecule has 0 aromatic heterocycles. The molecule has 1 atom stereocenters. The molecule has 7 heteroatoms. The van der Waals surface area contributed by atoms with E-state index in [2.05, 4.69) is 21.2 Å². The van der Waals surface area contributed by atoms with Gasteiger partial charge in [0.2, 0.25) is 0 Å². The van der Waals surface area contributed by atoms with E-state index in [9.17, 15) is 14.7 Å². The van der Waals surface area contributed by atoms with Crippen LogP contribution in [0.2, 0.25) is 5.02 Å². The van der Waals surface area contributed by atoms with Gasteiger partial charge < -0.3 is 15.2 Å². The predicted octanol–water partition coefficient (Wildman–Crippen LogP) is 3.84. The number of benzene rings is 2. The molecule has 0 spiro atoms. The lowest BCUT2D eigenvalue weighted by atomic mass is 10.1. The van der Waals surface area contributed by atoms with Crippen LogP contribution in [0.1, 0.15) is 28.9 Å². The first-order valence-corrected chi connectivity index (χ1v) is 8.25. The minimum absolute atomic E-state index is 0.0173. The molecule has 0 radical (unpaired) electrons. The van der Waals surface area contributed by atoms with Gasteiger partial charge in [0, 0.05) is 9.50 Å². The Morgan fingerprint density at radius 3 is 2.71 bits per heavy atom. The van der Waals surface area contributed by atoms with Crippen LogP contribution in [-0.4, -0.2) is 23.6 Å². The van der Waals surface area contributed by atoms with Gasteiger partial charge in [-0.15, -0.1) is 0 Å². The van der Waals surface area contributed by atoms with Gasteiger partial charge in [-0.3, -0.25) is 4.79 Å². The Kier molecular flexibility index (Phi) is 6.23. The van der Waals surface area contributed by atoms with Crippen molar-refractivity contribution in [1.82, 2.24) is 5.32 Å². The number of carbonyl (C=O) groups excluding carboxylic acids is 2. The Bertz CT molecular complexity index is 766. The number of amides is 1. The van der Waals surface area contributed by atoms with Crippen molar-refractivity contribution in [2.45, 2.75) is 13.0 Å². The molecular formula is C17H15BrClNO4. The second-order valence-corrected chi connectivity index (χ2v) is 6.37. The summed E-state index contributed by atoms with van der Waals surface area (Å²) in [7, 11) is 0. The molecule has 2 aromatic carbocycles. The van der Waals surface area contributed by atoms with Crippen LogP contribution in [0.5, 0.6) is 5.75 Å². The van der Waals surface area contributed by atoms with E-state index < -0.39 is 18.5 Å². The number of carbonyl (C=O) groups is 2. The Morgan fingerprint density at radius 1 is 1.29 bits per heavy atom. The first-order valence-electron chi connectivity index (χ1n) is 7.08. The van der Waals surface area contributed by atoms with Gasteiger partial charge in [-0.2, -0.15) is 0 Å². The number of halogens is 2. The van der Waals surface area contributed by atoms with E-state index in [1.54, 1.807) is 31.2 Å². The van der Waals surface area contributed by atoms with Crippen LogP contribution in [0.4, 0.5) is 0 Å². The molecule has 1 amide bonds. The van der Waals surface area contributed by atoms with Crippen molar-refractivity contribution in [1.29, 1.82) is 0 Å². The normalized spacial score (nSPS) is 11.6. The summed E-state index contributed by atoms with van der Waals surface area (Å²) in [6.45, 7) is 1.32. The van der Waals surface area contributed by atoms with Crippen molar-refractivity contribution < 1.29 is 19.4 Å². The third-order valence-electron chi connectivity index (χ3n) is 3.26. The largest absolute Gasteiger partial charge is 0.507 e. The molecule has 0 unspecified atom stereocenters. The number of hydrogen-bond donors (Lipinski definition) is 2. The van der Waals surface area contributed by atoms with Gasteiger partial charge in [0.15, 0.2) is 6.61 Å². The smallest absolute Gasteiger partial charge is 0.342 e. The average molecular weight is 413 g/mol. The summed E-state index contributed by atoms with van der Waals surface area (Å²) in [6.07, 6.45) is 0. The summed E-state index contributed by atoms with van der Waals surface area (Å²) in [6, 6.07) is 11.2. The molecule has 0 aliphatic rings. The molecule has 2 rings (SSSR count). The first-order chi connectivity index (χ1) is 11.4. The van der Waals surface area contributed by atoms with Crippen molar-refractivity contribution >= 4 is 39.4 Å². The van der Waals surface area contributed by atoms with Crippen LogP contribution in [0, 0.1) is 0 Å². The number of esters is 1. The molecule has 2 aromatic rings. The number of phenols is 1. The lowest BCUT2D eigenvalue weighted by Crippen LogP contribution is -2.31. The molecule has 0 saturated heterocycles. The van der Waals surface area contributed by atoms with Crippen LogP contribution in [-0.2, 0) is 9.53 Å². The zero-order valence-corrected chi connectivity index (χ0v) is 15.1. The molecule has 0 aliphatic carbocycles. The van der Waals surface area contributed by atoms with Gasteiger partial charge in [0.05, 0.1) is 6.04 Å². The van der Waals surface area contributed by atoms with E-state index >= 15 is 0 Å². The van der Waals surface area contributed by atoms with Gasteiger partial charge in [-0.05, 0) is 36.8 Å². The molecule has 126 valence electrons. The van der Waals surface area contributed by atoms with E-state index in [0.717, 1.165) is 5.56 Å². The molecule has 0 bridgehead atoms. The Balaban J connectivity index is 1.92. The fraction of sp³-hybridized carbons (Fsp3) is 0.176. The summed E-state index contributed by atoms with van der Waals surface area (Å²) in [5.74, 6) is -1.47. The topological polar surface area (TPSA) is 75.6 Å². The van der Waals surface area contributed by atoms with Gasteiger partial charge in [-0.25, -0.2) is 4.79 Å². The maximum absolute atomic E-state index is 11.9. The molecular weight excluding hydrogens is 398 g/mol. The maximum Gasteiger partial charge on any atom is 0.342 e. The highest BCUT2D eigenvalue weighted by Crippen LogP contribution is 2.23. The minimum atomic E-state index is -0.783. The number of nitrogens with one attached hydrogen (secondary N) is 1. The number of ether oxygens (including phenoxy) is 1. The number of rotatable bonds is 5. The quantitative estimate of drug-likeness (QED) is 0.732. The number of phenolic OH excluding ortho intramolecular Hbond substituents is 1. The fourth-order valence-corrected chi connectivity index (χ4v) is 2.73. The second-order valence-electron chi connectivity index (χ2n) is 5.05. The van der Waals surface area contributed by atoms with Crippen LogP contribution in [0.3, 0.4) is 0 Å². The van der Waals surface area contributed by atoms with Crippen LogP contribution in [0.25, 0.3) is 0 Å². The highest BCUT2D eigenvalue weighted by Gasteiger charge is 2.17. The summed E-state index contributed by atoms with van der Waals surface area (Å²) >= 11 is 9.27. The molecule has 24 heavy (non-hydrogen) atoms. The maximum atomic E-state index is 11.9. The lowest BCUT2D eigenvalue weighted by molar-refractivity contribution is -0.124. The summed E-state index contributed by atoms with van der Waals surface area (Å²) < 4.78 is 5.54. The van der Waals surface area contributed by atoms with Crippen molar-refractivity contribution in [3.63, 3.8) is 0 Å². The highest BCUT2D eigenvalue weighted by molar-refractivity contribution is 9.10. The Morgan fingerprint density at radius 2 is 2.00 bits per heavy atom. The zero-order chi connectivity index (χ0) is 17.7. The molecule has 0 heterocycles. The van der Waals surface area contributed by atoms with E-state index in [4.69, 9.17) is 16.3 Å². The number of aromatic hydroxyl groups is 1. The highest BCUT2D eigenvalue weighted by atomic mass is 79.9. The van der Waals surface area contributed by atoms with Gasteiger partial charge in [0.25, 0.3) is 5.91 Å². The monoisotopic (exact) mass is 411 g/mol. The standard InChI is InChI=1S/C17H15BrClNO4/c1-10(12-4-2-3-5-14(12)19)20-16(22)9-24-17(23)13-8-11(18)6-7-15(13)21/h2-8,10,21H,9H2,1H3,(H,20,22)/t10-/m0/s1. The zero-order valence-electron chi connectivity index (χ0n) is 12.8. The average Bonchev–Trinajstić information content (AvgIpc) is 2.55. The molecule has 0 fully saturated rings. The first kappa shape index (κ1) is 18.3. The van der Waals surface area contributed by atoms with Crippen molar-refractivity contribution in [3.8, 4) is 5.75 Å². The summed E-state index contributed by atoms with van der Waals surface area (Å²) in [5.41, 5.74) is 0.750. The summed E-state index contributed by atoms with van der Waals surface area (Å²) in [4.78, 5) is 23.9. The van der Waals surface area contributed by atoms with Crippen LogP contribution < -0.4 is 5.32 Å². The molecule has 2 N–H and O–H groups in total. The van der Waals surface area contributed by atoms with Crippen LogP contribution >= 0.6 is 27.5 Å². The lowest BCUT2D eigenvalue weighted by Gasteiger charge is -2.15.